The quantitative estimate of drug-likeness (QED) is 0.665. The maximum atomic E-state index is 10.5. The van der Waals surface area contributed by atoms with Crippen LogP contribution in [0, 0.1) is 0 Å². The first kappa shape index (κ1) is 9.98. The van der Waals surface area contributed by atoms with Gasteiger partial charge in [0.25, 0.3) is 0 Å². The van der Waals surface area contributed by atoms with Gasteiger partial charge in [-0.05, 0) is 24.6 Å². The standard InChI is InChI=1S/C11H12O4/c1-2-14-8-5-3-7(4-6-8)9-10(15-9)11(12)13/h3-6,9-10H,2H2,1H3,(H,12,13)/p-1. The minimum absolute atomic E-state index is 0.356. The minimum Gasteiger partial charge on any atom is -0.547 e. The molecule has 1 fully saturated rings. The van der Waals surface area contributed by atoms with Crippen LogP contribution in [0.3, 0.4) is 0 Å². The lowest BCUT2D eigenvalue weighted by molar-refractivity contribution is -0.307. The van der Waals surface area contributed by atoms with E-state index < -0.39 is 12.1 Å². The molecule has 0 amide bonds. The Hall–Kier alpha value is -1.55. The van der Waals surface area contributed by atoms with Gasteiger partial charge in [0.15, 0.2) is 0 Å². The molecule has 0 spiro atoms. The first-order valence-corrected chi connectivity index (χ1v) is 4.81. The number of benzene rings is 1. The lowest BCUT2D eigenvalue weighted by atomic mass is 10.1. The van der Waals surface area contributed by atoms with Crippen molar-refractivity contribution in [1.29, 1.82) is 0 Å². The maximum absolute atomic E-state index is 10.5. The minimum atomic E-state index is -1.16. The molecule has 0 radical (unpaired) electrons. The van der Waals surface area contributed by atoms with Crippen LogP contribution in [0.2, 0.25) is 0 Å². The van der Waals surface area contributed by atoms with E-state index in [2.05, 4.69) is 0 Å². The molecule has 1 aromatic carbocycles. The van der Waals surface area contributed by atoms with Gasteiger partial charge in [0.2, 0.25) is 0 Å². The van der Waals surface area contributed by atoms with Gasteiger partial charge in [-0.3, -0.25) is 0 Å². The molecule has 15 heavy (non-hydrogen) atoms. The number of rotatable bonds is 4. The highest BCUT2D eigenvalue weighted by Gasteiger charge is 2.41. The Morgan fingerprint density at radius 2 is 2.13 bits per heavy atom. The Balaban J connectivity index is 2.03. The smallest absolute Gasteiger partial charge is 0.128 e. The van der Waals surface area contributed by atoms with Crippen LogP contribution in [0.25, 0.3) is 0 Å². The summed E-state index contributed by atoms with van der Waals surface area (Å²) in [6, 6.07) is 7.21. The van der Waals surface area contributed by atoms with Crippen molar-refractivity contribution in [2.45, 2.75) is 19.1 Å². The number of hydrogen-bond donors (Lipinski definition) is 0. The Kier molecular flexibility index (Phi) is 2.60. The van der Waals surface area contributed by atoms with Crippen molar-refractivity contribution in [2.75, 3.05) is 6.61 Å². The molecule has 80 valence electrons. The second kappa shape index (κ2) is 3.90. The van der Waals surface area contributed by atoms with E-state index in [4.69, 9.17) is 9.47 Å². The molecule has 0 aliphatic carbocycles. The monoisotopic (exact) mass is 207 g/mol. The fourth-order valence-corrected chi connectivity index (χ4v) is 1.47. The van der Waals surface area contributed by atoms with Gasteiger partial charge in [-0.15, -0.1) is 0 Å². The van der Waals surface area contributed by atoms with Crippen LogP contribution in [-0.2, 0) is 9.53 Å². The predicted molar refractivity (Wildman–Crippen MR) is 50.2 cm³/mol. The zero-order valence-corrected chi connectivity index (χ0v) is 8.30. The zero-order valence-electron chi connectivity index (χ0n) is 8.30. The first-order chi connectivity index (χ1) is 7.22. The van der Waals surface area contributed by atoms with Crippen LogP contribution >= 0.6 is 0 Å². The highest BCUT2D eigenvalue weighted by Crippen LogP contribution is 2.38. The molecular weight excluding hydrogens is 196 g/mol. The van der Waals surface area contributed by atoms with Crippen molar-refractivity contribution in [1.82, 2.24) is 0 Å². The van der Waals surface area contributed by atoms with Crippen LogP contribution in [0.5, 0.6) is 5.75 Å². The van der Waals surface area contributed by atoms with Crippen molar-refractivity contribution in [3.63, 3.8) is 0 Å². The van der Waals surface area contributed by atoms with Gasteiger partial charge in [-0.2, -0.15) is 0 Å². The van der Waals surface area contributed by atoms with E-state index in [0.717, 1.165) is 11.3 Å². The first-order valence-electron chi connectivity index (χ1n) is 4.81. The van der Waals surface area contributed by atoms with E-state index in [-0.39, 0.29) is 6.10 Å². The molecule has 0 aromatic heterocycles. The Morgan fingerprint density at radius 3 is 2.60 bits per heavy atom. The van der Waals surface area contributed by atoms with Crippen LogP contribution < -0.4 is 9.84 Å². The van der Waals surface area contributed by atoms with E-state index in [0.29, 0.717) is 6.61 Å². The number of aliphatic carboxylic acids is 1. The Labute approximate surface area is 87.4 Å². The largest absolute Gasteiger partial charge is 0.547 e. The molecular formula is C11H11O4-. The van der Waals surface area contributed by atoms with Crippen LogP contribution in [0.15, 0.2) is 24.3 Å². The number of hydrogen-bond acceptors (Lipinski definition) is 4. The number of carbonyl (C=O) groups is 1. The summed E-state index contributed by atoms with van der Waals surface area (Å²) in [7, 11) is 0. The van der Waals surface area contributed by atoms with Crippen molar-refractivity contribution in [2.24, 2.45) is 0 Å². The fourth-order valence-electron chi connectivity index (χ4n) is 1.47. The van der Waals surface area contributed by atoms with E-state index in [1.807, 2.05) is 6.92 Å². The van der Waals surface area contributed by atoms with Crippen molar-refractivity contribution >= 4 is 5.97 Å². The number of epoxide rings is 1. The van der Waals surface area contributed by atoms with Crippen molar-refractivity contribution in [3.05, 3.63) is 29.8 Å². The van der Waals surface area contributed by atoms with Gasteiger partial charge in [0.05, 0.1) is 12.6 Å². The van der Waals surface area contributed by atoms with E-state index in [1.54, 1.807) is 24.3 Å². The molecule has 2 unspecified atom stereocenters. The van der Waals surface area contributed by atoms with Gasteiger partial charge in [0, 0.05) is 0 Å². The van der Waals surface area contributed by atoms with E-state index in [1.165, 1.54) is 0 Å². The molecule has 4 nitrogen and oxygen atoms in total. The third-order valence-corrected chi connectivity index (χ3v) is 2.24. The fraction of sp³-hybridized carbons (Fsp3) is 0.364. The van der Waals surface area contributed by atoms with Crippen LogP contribution in [0.4, 0.5) is 0 Å². The predicted octanol–water partition coefficient (Wildman–Crippen LogP) is 0.275. The molecule has 0 bridgehead atoms. The summed E-state index contributed by atoms with van der Waals surface area (Å²) in [5, 5.41) is 10.5. The van der Waals surface area contributed by atoms with E-state index >= 15 is 0 Å². The molecule has 0 saturated carbocycles. The molecule has 1 aromatic rings. The highest BCUT2D eigenvalue weighted by molar-refractivity contribution is 5.74. The number of carboxylic acids is 1. The van der Waals surface area contributed by atoms with Crippen LogP contribution in [-0.4, -0.2) is 18.7 Å². The lowest BCUT2D eigenvalue weighted by Gasteiger charge is -2.03. The average molecular weight is 207 g/mol. The third kappa shape index (κ3) is 2.10. The van der Waals surface area contributed by atoms with Gasteiger partial charge < -0.3 is 19.4 Å². The topological polar surface area (TPSA) is 61.9 Å². The van der Waals surface area contributed by atoms with Crippen LogP contribution in [0.1, 0.15) is 18.6 Å². The summed E-state index contributed by atoms with van der Waals surface area (Å²) in [4.78, 5) is 10.5. The van der Waals surface area contributed by atoms with Gasteiger partial charge in [-0.1, -0.05) is 12.1 Å². The number of ether oxygens (including phenoxy) is 2. The second-order valence-electron chi connectivity index (χ2n) is 3.30. The molecule has 2 rings (SSSR count). The average Bonchev–Trinajstić information content (AvgIpc) is 2.99. The molecule has 1 aliphatic heterocycles. The Morgan fingerprint density at radius 1 is 1.47 bits per heavy atom. The molecule has 4 heteroatoms. The van der Waals surface area contributed by atoms with Gasteiger partial charge in [-0.25, -0.2) is 0 Å². The SMILES string of the molecule is CCOc1ccc(C2OC2C(=O)[O-])cc1. The lowest BCUT2D eigenvalue weighted by Crippen LogP contribution is -2.28. The molecule has 0 N–H and O–H groups in total. The summed E-state index contributed by atoms with van der Waals surface area (Å²) in [6.45, 7) is 2.52. The molecule has 1 saturated heterocycles. The maximum Gasteiger partial charge on any atom is 0.128 e. The third-order valence-electron chi connectivity index (χ3n) is 2.24. The summed E-state index contributed by atoms with van der Waals surface area (Å²) in [5.74, 6) is -0.388. The highest BCUT2D eigenvalue weighted by atomic mass is 16.6. The van der Waals surface area contributed by atoms with Gasteiger partial charge in [0.1, 0.15) is 18.0 Å². The van der Waals surface area contributed by atoms with Gasteiger partial charge >= 0.3 is 0 Å². The Bertz CT molecular complexity index is 357. The molecule has 2 atom stereocenters. The second-order valence-corrected chi connectivity index (χ2v) is 3.30. The summed E-state index contributed by atoms with van der Waals surface area (Å²) < 4.78 is 10.2. The van der Waals surface area contributed by atoms with Crippen molar-refractivity contribution < 1.29 is 19.4 Å². The summed E-state index contributed by atoms with van der Waals surface area (Å²) in [5.41, 5.74) is 0.840. The molecule has 1 heterocycles. The normalized spacial score (nSPS) is 23.5. The summed E-state index contributed by atoms with van der Waals surface area (Å²) in [6.07, 6.45) is -1.14. The number of carboxylic acid groups (broad SMARTS) is 1. The molecule has 1 aliphatic rings. The van der Waals surface area contributed by atoms with E-state index in [9.17, 15) is 9.90 Å². The number of carbonyl (C=O) groups excluding carboxylic acids is 1. The van der Waals surface area contributed by atoms with Crippen molar-refractivity contribution in [3.8, 4) is 5.75 Å². The summed E-state index contributed by atoms with van der Waals surface area (Å²) >= 11 is 0. The zero-order chi connectivity index (χ0) is 10.8.